The van der Waals surface area contributed by atoms with Crippen LogP contribution in [0.3, 0.4) is 0 Å². The minimum Gasteiger partial charge on any atom is -0.387 e. The topological polar surface area (TPSA) is 81.6 Å². The zero-order valence-corrected chi connectivity index (χ0v) is 21.8. The van der Waals surface area contributed by atoms with Gasteiger partial charge in [-0.2, -0.15) is 0 Å². The second-order valence-electron chi connectivity index (χ2n) is 8.64. The highest BCUT2D eigenvalue weighted by Gasteiger charge is 2.25. The van der Waals surface area contributed by atoms with Crippen LogP contribution in [0, 0.1) is 0 Å². The van der Waals surface area contributed by atoms with Gasteiger partial charge in [0.2, 0.25) is 0 Å². The van der Waals surface area contributed by atoms with Gasteiger partial charge >= 0.3 is 0 Å². The molecule has 0 amide bonds. The predicted molar refractivity (Wildman–Crippen MR) is 139 cm³/mol. The minimum atomic E-state index is -0.842. The van der Waals surface area contributed by atoms with E-state index in [1.54, 1.807) is 0 Å². The predicted octanol–water partition coefficient (Wildman–Crippen LogP) is 1.28. The number of benzene rings is 1. The van der Waals surface area contributed by atoms with E-state index in [-0.39, 0.29) is 24.0 Å². The molecule has 3 N–H and O–H groups in total. The number of ether oxygens (including phenoxy) is 2. The molecule has 3 rings (SSSR count). The smallest absolute Gasteiger partial charge is 0.191 e. The SMILES string of the molecule is CCNC(=NCc1cccc(CN2CCOCC2)c1)NCC(C)(O)CN1CCOCC1.I. The van der Waals surface area contributed by atoms with Crippen molar-refractivity contribution in [3.8, 4) is 0 Å². The van der Waals surface area contributed by atoms with Crippen LogP contribution in [-0.4, -0.2) is 98.7 Å². The lowest BCUT2D eigenvalue weighted by Crippen LogP contribution is -2.52. The lowest BCUT2D eigenvalue weighted by Gasteiger charge is -2.34. The number of β-amino-alcohol motifs (C(OH)–C–C–N with tert-alkyl or cyclic N) is 1. The van der Waals surface area contributed by atoms with Crippen molar-refractivity contribution in [1.82, 2.24) is 20.4 Å². The molecule has 0 bridgehead atoms. The summed E-state index contributed by atoms with van der Waals surface area (Å²) >= 11 is 0. The van der Waals surface area contributed by atoms with Crippen molar-refractivity contribution in [3.63, 3.8) is 0 Å². The zero-order valence-electron chi connectivity index (χ0n) is 19.5. The number of nitrogens with one attached hydrogen (secondary N) is 2. The summed E-state index contributed by atoms with van der Waals surface area (Å²) in [4.78, 5) is 9.41. The van der Waals surface area contributed by atoms with Gasteiger partial charge in [0.15, 0.2) is 5.96 Å². The van der Waals surface area contributed by atoms with Gasteiger partial charge in [-0.3, -0.25) is 9.80 Å². The lowest BCUT2D eigenvalue weighted by molar-refractivity contribution is -0.0201. The molecule has 1 unspecified atom stereocenters. The molecule has 0 aromatic heterocycles. The molecule has 1 aromatic carbocycles. The molecular formula is C23H40IN5O3. The molecule has 2 heterocycles. The molecule has 2 saturated heterocycles. The number of hydrogen-bond acceptors (Lipinski definition) is 6. The third kappa shape index (κ3) is 9.88. The van der Waals surface area contributed by atoms with Crippen molar-refractivity contribution in [1.29, 1.82) is 0 Å². The van der Waals surface area contributed by atoms with Crippen LogP contribution in [0.5, 0.6) is 0 Å². The highest BCUT2D eigenvalue weighted by molar-refractivity contribution is 14.0. The van der Waals surface area contributed by atoms with E-state index in [9.17, 15) is 5.11 Å². The van der Waals surface area contributed by atoms with Gasteiger partial charge in [-0.25, -0.2) is 4.99 Å². The Morgan fingerprint density at radius 2 is 1.66 bits per heavy atom. The van der Waals surface area contributed by atoms with Crippen molar-refractivity contribution in [2.75, 3.05) is 72.2 Å². The lowest BCUT2D eigenvalue weighted by atomic mass is 10.1. The highest BCUT2D eigenvalue weighted by atomic mass is 127. The van der Waals surface area contributed by atoms with Gasteiger partial charge in [-0.05, 0) is 25.0 Å². The van der Waals surface area contributed by atoms with Crippen LogP contribution in [0.15, 0.2) is 29.3 Å². The summed E-state index contributed by atoms with van der Waals surface area (Å²) in [5.41, 5.74) is 1.65. The molecule has 2 aliphatic heterocycles. The Hall–Kier alpha value is -0.980. The first kappa shape index (κ1) is 27.3. The Kier molecular flexibility index (Phi) is 12.2. The van der Waals surface area contributed by atoms with Gasteiger partial charge in [-0.1, -0.05) is 24.3 Å². The molecule has 32 heavy (non-hydrogen) atoms. The summed E-state index contributed by atoms with van der Waals surface area (Å²) < 4.78 is 10.8. The summed E-state index contributed by atoms with van der Waals surface area (Å²) in [5, 5.41) is 17.4. The maximum atomic E-state index is 10.8. The first-order valence-electron chi connectivity index (χ1n) is 11.5. The number of nitrogens with zero attached hydrogens (tertiary/aromatic N) is 3. The molecule has 2 fully saturated rings. The Bertz CT molecular complexity index is 692. The number of halogens is 1. The van der Waals surface area contributed by atoms with Crippen LogP contribution in [0.2, 0.25) is 0 Å². The minimum absolute atomic E-state index is 0. The Morgan fingerprint density at radius 1 is 1.03 bits per heavy atom. The van der Waals surface area contributed by atoms with E-state index in [4.69, 9.17) is 14.5 Å². The van der Waals surface area contributed by atoms with E-state index < -0.39 is 5.60 Å². The van der Waals surface area contributed by atoms with Crippen molar-refractivity contribution in [2.24, 2.45) is 4.99 Å². The van der Waals surface area contributed by atoms with E-state index in [1.165, 1.54) is 11.1 Å². The zero-order chi connectivity index (χ0) is 21.9. The molecule has 8 nitrogen and oxygen atoms in total. The first-order valence-corrected chi connectivity index (χ1v) is 11.5. The monoisotopic (exact) mass is 561 g/mol. The summed E-state index contributed by atoms with van der Waals surface area (Å²) in [5.74, 6) is 0.725. The molecule has 2 aliphatic rings. The molecule has 9 heteroatoms. The average molecular weight is 562 g/mol. The molecule has 182 valence electrons. The van der Waals surface area contributed by atoms with E-state index in [2.05, 4.69) is 44.7 Å². The second kappa shape index (κ2) is 14.3. The van der Waals surface area contributed by atoms with E-state index in [0.717, 1.165) is 71.7 Å². The van der Waals surface area contributed by atoms with Gasteiger partial charge < -0.3 is 25.2 Å². The number of hydrogen-bond donors (Lipinski definition) is 3. The average Bonchev–Trinajstić information content (AvgIpc) is 2.77. The fraction of sp³-hybridized carbons (Fsp3) is 0.696. The summed E-state index contributed by atoms with van der Waals surface area (Å²) in [6, 6.07) is 8.63. The summed E-state index contributed by atoms with van der Waals surface area (Å²) in [6.07, 6.45) is 0. The molecule has 0 spiro atoms. The second-order valence-corrected chi connectivity index (χ2v) is 8.64. The van der Waals surface area contributed by atoms with Crippen LogP contribution in [0.25, 0.3) is 0 Å². The number of aliphatic imine (C=N–C) groups is 1. The fourth-order valence-electron chi connectivity index (χ4n) is 3.93. The molecule has 1 atom stereocenters. The first-order chi connectivity index (χ1) is 15.0. The molecule has 0 radical (unpaired) electrons. The largest absolute Gasteiger partial charge is 0.387 e. The van der Waals surface area contributed by atoms with Crippen molar-refractivity contribution in [2.45, 2.75) is 32.5 Å². The summed E-state index contributed by atoms with van der Waals surface area (Å²) in [7, 11) is 0. The van der Waals surface area contributed by atoms with Gasteiger partial charge in [0.1, 0.15) is 0 Å². The quantitative estimate of drug-likeness (QED) is 0.238. The maximum Gasteiger partial charge on any atom is 0.191 e. The van der Waals surface area contributed by atoms with Crippen molar-refractivity contribution < 1.29 is 14.6 Å². The van der Waals surface area contributed by atoms with Crippen LogP contribution in [0.1, 0.15) is 25.0 Å². The number of morpholine rings is 2. The van der Waals surface area contributed by atoms with Gasteiger partial charge in [0.05, 0.1) is 38.6 Å². The van der Waals surface area contributed by atoms with E-state index in [0.29, 0.717) is 19.6 Å². The van der Waals surface area contributed by atoms with Crippen LogP contribution < -0.4 is 10.6 Å². The standard InChI is InChI=1S/C23H39N5O3.HI/c1-3-24-22(26-18-23(2,29)19-28-9-13-31-14-10-28)25-16-20-5-4-6-21(15-20)17-27-7-11-30-12-8-27;/h4-6,15,29H,3,7-14,16-19H2,1-2H3,(H2,24,25,26);1H. The molecule has 1 aromatic rings. The normalized spacial score (nSPS) is 20.3. The number of guanidine groups is 1. The van der Waals surface area contributed by atoms with Crippen LogP contribution in [0.4, 0.5) is 0 Å². The Balaban J connectivity index is 0.00000363. The fourth-order valence-corrected chi connectivity index (χ4v) is 3.93. The van der Waals surface area contributed by atoms with E-state index in [1.807, 2.05) is 13.8 Å². The number of aliphatic hydroxyl groups is 1. The third-order valence-electron chi connectivity index (χ3n) is 5.57. The van der Waals surface area contributed by atoms with Crippen molar-refractivity contribution in [3.05, 3.63) is 35.4 Å². The number of rotatable bonds is 9. The Morgan fingerprint density at radius 3 is 2.31 bits per heavy atom. The van der Waals surface area contributed by atoms with Gasteiger partial charge in [0.25, 0.3) is 0 Å². The van der Waals surface area contributed by atoms with Crippen LogP contribution in [-0.2, 0) is 22.6 Å². The van der Waals surface area contributed by atoms with Crippen LogP contribution >= 0.6 is 24.0 Å². The maximum absolute atomic E-state index is 10.8. The van der Waals surface area contributed by atoms with Gasteiger partial charge in [0, 0.05) is 52.4 Å². The Labute approximate surface area is 209 Å². The highest BCUT2D eigenvalue weighted by Crippen LogP contribution is 2.11. The molecule has 0 aliphatic carbocycles. The molecular weight excluding hydrogens is 521 g/mol. The summed E-state index contributed by atoms with van der Waals surface area (Å²) in [6.45, 7) is 14.1. The van der Waals surface area contributed by atoms with Crippen molar-refractivity contribution >= 4 is 29.9 Å². The van der Waals surface area contributed by atoms with Gasteiger partial charge in [-0.15, -0.1) is 24.0 Å². The molecule has 0 saturated carbocycles. The third-order valence-corrected chi connectivity index (χ3v) is 5.57. The van der Waals surface area contributed by atoms with E-state index >= 15 is 0 Å².